The minimum atomic E-state index is -0.498. The monoisotopic (exact) mass is 483 g/mol. The lowest BCUT2D eigenvalue weighted by Gasteiger charge is -2.13. The van der Waals surface area contributed by atoms with Gasteiger partial charge in [0, 0.05) is 18.7 Å². The number of benzene rings is 2. The predicted molar refractivity (Wildman–Crippen MR) is 138 cm³/mol. The maximum absolute atomic E-state index is 12.8. The fourth-order valence-corrected chi connectivity index (χ4v) is 4.74. The first-order valence-corrected chi connectivity index (χ1v) is 12.7. The van der Waals surface area contributed by atoms with Crippen molar-refractivity contribution in [2.45, 2.75) is 51.2 Å². The summed E-state index contributed by atoms with van der Waals surface area (Å²) in [5, 5.41) is 2.99. The average molecular weight is 484 g/mol. The number of carbonyl (C=O) groups excluding carboxylic acids is 2. The van der Waals surface area contributed by atoms with Gasteiger partial charge in [0.25, 0.3) is 0 Å². The molecule has 1 N–H and O–H groups in total. The molecule has 1 atom stereocenters. The zero-order valence-electron chi connectivity index (χ0n) is 20.1. The molecule has 0 aromatic heterocycles. The van der Waals surface area contributed by atoms with Gasteiger partial charge in [0.2, 0.25) is 11.8 Å². The van der Waals surface area contributed by atoms with Crippen LogP contribution in [0.4, 0.5) is 11.4 Å². The largest absolute Gasteiger partial charge is 0.497 e. The zero-order chi connectivity index (χ0) is 24.3. The number of hydrogen-bond acceptors (Lipinski definition) is 6. The molecule has 2 aromatic carbocycles. The molecule has 1 aliphatic heterocycles. The Morgan fingerprint density at radius 2 is 1.74 bits per heavy atom. The van der Waals surface area contributed by atoms with Gasteiger partial charge in [-0.3, -0.25) is 14.5 Å². The highest BCUT2D eigenvalue weighted by Crippen LogP contribution is 2.32. The van der Waals surface area contributed by atoms with Crippen LogP contribution in [0.25, 0.3) is 0 Å². The van der Waals surface area contributed by atoms with E-state index in [1.165, 1.54) is 31.0 Å². The molecule has 2 aromatic rings. The third kappa shape index (κ3) is 7.25. The quantitative estimate of drug-likeness (QED) is 0.396. The Hall–Kier alpha value is -3.00. The van der Waals surface area contributed by atoms with Crippen LogP contribution >= 0.6 is 11.8 Å². The molecule has 8 heteroatoms. The van der Waals surface area contributed by atoms with E-state index in [4.69, 9.17) is 9.47 Å². The Bertz CT molecular complexity index is 977. The average Bonchev–Trinajstić information content (AvgIpc) is 3.13. The van der Waals surface area contributed by atoms with Gasteiger partial charge in [-0.1, -0.05) is 37.9 Å². The highest BCUT2D eigenvalue weighted by molar-refractivity contribution is 8.15. The molecule has 0 bridgehead atoms. The number of amides is 2. The van der Waals surface area contributed by atoms with Crippen LogP contribution < -0.4 is 14.8 Å². The van der Waals surface area contributed by atoms with Crippen LogP contribution in [0, 0.1) is 0 Å². The number of hydrogen-bond donors (Lipinski definition) is 1. The van der Waals surface area contributed by atoms with Crippen LogP contribution in [0.15, 0.2) is 53.5 Å². The number of nitrogens with one attached hydrogen (secondary N) is 1. The molecule has 0 radical (unpaired) electrons. The van der Waals surface area contributed by atoms with E-state index in [0.29, 0.717) is 24.0 Å². The number of amidine groups is 1. The van der Waals surface area contributed by atoms with Gasteiger partial charge in [-0.15, -0.1) is 0 Å². The number of thioether (sulfide) groups is 1. The molecular formula is C26H33N3O4S. The number of anilines is 1. The summed E-state index contributed by atoms with van der Waals surface area (Å²) in [5.41, 5.74) is 1.41. The van der Waals surface area contributed by atoms with Crippen molar-refractivity contribution >= 4 is 40.1 Å². The third-order valence-corrected chi connectivity index (χ3v) is 6.58. The van der Waals surface area contributed by atoms with Gasteiger partial charge in [-0.05, 0) is 61.9 Å². The van der Waals surface area contributed by atoms with Crippen LogP contribution in [0.2, 0.25) is 0 Å². The van der Waals surface area contributed by atoms with E-state index in [-0.39, 0.29) is 18.2 Å². The SMILES string of the molecule is CCCCCCOc1ccc(NC(=O)C[C@@H]2SC(=Nc3ccc(OC)cc3)N(CC)C2=O)cc1. The van der Waals surface area contributed by atoms with Crippen molar-refractivity contribution in [1.82, 2.24) is 4.90 Å². The van der Waals surface area contributed by atoms with Gasteiger partial charge < -0.3 is 14.8 Å². The number of unbranched alkanes of at least 4 members (excludes halogenated alkanes) is 3. The summed E-state index contributed by atoms with van der Waals surface area (Å²) in [6, 6.07) is 14.7. The fourth-order valence-electron chi connectivity index (χ4n) is 3.52. The molecule has 1 heterocycles. The summed E-state index contributed by atoms with van der Waals surface area (Å²) in [6.45, 7) is 5.28. The summed E-state index contributed by atoms with van der Waals surface area (Å²) in [5.74, 6) is 1.23. The normalized spacial score (nSPS) is 16.7. The second-order valence-corrected chi connectivity index (χ2v) is 9.14. The van der Waals surface area contributed by atoms with Crippen molar-refractivity contribution in [3.63, 3.8) is 0 Å². The van der Waals surface area contributed by atoms with Gasteiger partial charge in [-0.25, -0.2) is 4.99 Å². The van der Waals surface area contributed by atoms with Crippen molar-refractivity contribution in [3.8, 4) is 11.5 Å². The summed E-state index contributed by atoms with van der Waals surface area (Å²) >= 11 is 1.33. The summed E-state index contributed by atoms with van der Waals surface area (Å²) in [6.07, 6.45) is 4.72. The Balaban J connectivity index is 1.53. The zero-order valence-corrected chi connectivity index (χ0v) is 20.9. The lowest BCUT2D eigenvalue weighted by molar-refractivity contribution is -0.128. The summed E-state index contributed by atoms with van der Waals surface area (Å²) in [4.78, 5) is 31.7. The first-order chi connectivity index (χ1) is 16.5. The smallest absolute Gasteiger partial charge is 0.242 e. The first-order valence-electron chi connectivity index (χ1n) is 11.8. The molecule has 34 heavy (non-hydrogen) atoms. The molecule has 3 rings (SSSR count). The molecule has 1 aliphatic rings. The van der Waals surface area contributed by atoms with E-state index < -0.39 is 5.25 Å². The van der Waals surface area contributed by atoms with Crippen molar-refractivity contribution in [3.05, 3.63) is 48.5 Å². The van der Waals surface area contributed by atoms with Gasteiger partial charge in [0.15, 0.2) is 5.17 Å². The van der Waals surface area contributed by atoms with E-state index in [1.54, 1.807) is 12.0 Å². The third-order valence-electron chi connectivity index (χ3n) is 5.41. The molecule has 0 aliphatic carbocycles. The Kier molecular flexibility index (Phi) is 9.82. The number of ether oxygens (including phenoxy) is 2. The number of carbonyl (C=O) groups is 2. The summed E-state index contributed by atoms with van der Waals surface area (Å²) < 4.78 is 10.9. The minimum Gasteiger partial charge on any atom is -0.497 e. The molecular weight excluding hydrogens is 450 g/mol. The molecule has 182 valence electrons. The van der Waals surface area contributed by atoms with Crippen LogP contribution in [0.3, 0.4) is 0 Å². The number of methoxy groups -OCH3 is 1. The topological polar surface area (TPSA) is 80.2 Å². The Morgan fingerprint density at radius 1 is 1.03 bits per heavy atom. The van der Waals surface area contributed by atoms with Crippen molar-refractivity contribution < 1.29 is 19.1 Å². The Morgan fingerprint density at radius 3 is 2.38 bits per heavy atom. The number of aliphatic imine (C=N–C) groups is 1. The van der Waals surface area contributed by atoms with Crippen LogP contribution in [-0.4, -0.2) is 47.4 Å². The standard InChI is InChI=1S/C26H33N3O4S/c1-4-6-7-8-17-33-22-15-11-19(12-16-22)27-24(30)18-23-25(31)29(5-2)26(34-23)28-20-9-13-21(32-3)14-10-20/h9-16,23H,4-8,17-18H2,1-3H3,(H,27,30)/t23-/m0/s1. The van der Waals surface area contributed by atoms with Crippen molar-refractivity contribution in [2.24, 2.45) is 4.99 Å². The molecule has 1 fully saturated rings. The van der Waals surface area contributed by atoms with Crippen molar-refractivity contribution in [2.75, 3.05) is 25.6 Å². The number of nitrogens with zero attached hydrogens (tertiary/aromatic N) is 2. The molecule has 7 nitrogen and oxygen atoms in total. The fraction of sp³-hybridized carbons (Fsp3) is 0.423. The molecule has 0 saturated carbocycles. The van der Waals surface area contributed by atoms with Gasteiger partial charge in [-0.2, -0.15) is 0 Å². The predicted octanol–water partition coefficient (Wildman–Crippen LogP) is 5.63. The lowest BCUT2D eigenvalue weighted by Crippen LogP contribution is -2.33. The van der Waals surface area contributed by atoms with Gasteiger partial charge >= 0.3 is 0 Å². The van der Waals surface area contributed by atoms with Crippen LogP contribution in [0.1, 0.15) is 46.0 Å². The Labute approximate surface area is 205 Å². The summed E-state index contributed by atoms with van der Waals surface area (Å²) in [7, 11) is 1.61. The maximum atomic E-state index is 12.8. The van der Waals surface area contributed by atoms with E-state index in [0.717, 1.165) is 23.6 Å². The van der Waals surface area contributed by atoms with Gasteiger partial charge in [0.1, 0.15) is 16.7 Å². The molecule has 0 spiro atoms. The van der Waals surface area contributed by atoms with E-state index in [9.17, 15) is 9.59 Å². The van der Waals surface area contributed by atoms with Crippen LogP contribution in [0.5, 0.6) is 11.5 Å². The van der Waals surface area contributed by atoms with E-state index in [1.807, 2.05) is 55.5 Å². The number of rotatable bonds is 12. The second kappa shape index (κ2) is 13.0. The van der Waals surface area contributed by atoms with Crippen LogP contribution in [-0.2, 0) is 9.59 Å². The highest BCUT2D eigenvalue weighted by atomic mass is 32.2. The minimum absolute atomic E-state index is 0.0807. The van der Waals surface area contributed by atoms with Crippen molar-refractivity contribution in [1.29, 1.82) is 0 Å². The van der Waals surface area contributed by atoms with E-state index in [2.05, 4.69) is 17.2 Å². The maximum Gasteiger partial charge on any atom is 0.242 e. The highest BCUT2D eigenvalue weighted by Gasteiger charge is 2.38. The van der Waals surface area contributed by atoms with Gasteiger partial charge in [0.05, 0.1) is 19.4 Å². The second-order valence-electron chi connectivity index (χ2n) is 7.97. The molecule has 1 saturated heterocycles. The lowest BCUT2D eigenvalue weighted by atomic mass is 10.2. The van der Waals surface area contributed by atoms with E-state index >= 15 is 0 Å². The first kappa shape index (κ1) is 25.6. The molecule has 2 amide bonds. The molecule has 0 unspecified atom stereocenters.